The van der Waals surface area contributed by atoms with Gasteiger partial charge in [-0.2, -0.15) is 0 Å². The van der Waals surface area contributed by atoms with Crippen LogP contribution in [0.4, 0.5) is 0 Å². The Bertz CT molecular complexity index is 602. The van der Waals surface area contributed by atoms with Gasteiger partial charge in [0, 0.05) is 28.7 Å². The Labute approximate surface area is 126 Å². The average molecular weight is 286 g/mol. The lowest BCUT2D eigenvalue weighted by Gasteiger charge is -2.28. The van der Waals surface area contributed by atoms with Gasteiger partial charge in [0.05, 0.1) is 6.61 Å². The van der Waals surface area contributed by atoms with Crippen LogP contribution in [0.2, 0.25) is 0 Å². The fourth-order valence-electron chi connectivity index (χ4n) is 3.61. The van der Waals surface area contributed by atoms with Crippen molar-refractivity contribution in [1.29, 1.82) is 0 Å². The summed E-state index contributed by atoms with van der Waals surface area (Å²) in [5, 5.41) is 14.6. The topological polar surface area (TPSA) is 48.0 Å². The molecule has 2 atom stereocenters. The highest BCUT2D eigenvalue weighted by atomic mass is 16.3. The molecule has 1 aromatic heterocycles. The van der Waals surface area contributed by atoms with Gasteiger partial charge in [0.1, 0.15) is 0 Å². The number of para-hydroxylation sites is 1. The van der Waals surface area contributed by atoms with Gasteiger partial charge >= 0.3 is 0 Å². The number of aryl methyl sites for hydroxylation is 1. The van der Waals surface area contributed by atoms with Crippen LogP contribution in [0.1, 0.15) is 37.9 Å². The van der Waals surface area contributed by atoms with Gasteiger partial charge < -0.3 is 15.4 Å². The molecular weight excluding hydrogens is 260 g/mol. The van der Waals surface area contributed by atoms with Gasteiger partial charge in [-0.05, 0) is 43.2 Å². The molecule has 21 heavy (non-hydrogen) atoms. The van der Waals surface area contributed by atoms with E-state index < -0.39 is 0 Å². The van der Waals surface area contributed by atoms with E-state index in [4.69, 9.17) is 0 Å². The van der Waals surface area contributed by atoms with Crippen molar-refractivity contribution in [2.75, 3.05) is 6.61 Å². The minimum Gasteiger partial charge on any atom is -0.395 e. The SMILES string of the molecule is CC(C)CC(CO)NC1CCc2[nH]c3ccccc3c2C1. The lowest BCUT2D eigenvalue weighted by Crippen LogP contribution is -2.44. The van der Waals surface area contributed by atoms with Gasteiger partial charge in [-0.25, -0.2) is 0 Å². The van der Waals surface area contributed by atoms with E-state index in [1.165, 1.54) is 22.2 Å². The van der Waals surface area contributed by atoms with Gasteiger partial charge in [-0.1, -0.05) is 32.0 Å². The standard InChI is InChI=1S/C18H26N2O/c1-12(2)9-14(11-21)19-13-7-8-18-16(10-13)15-5-3-4-6-17(15)20-18/h3-6,12-14,19-21H,7-11H2,1-2H3. The molecule has 1 aliphatic carbocycles. The molecule has 3 nitrogen and oxygen atoms in total. The first-order valence-corrected chi connectivity index (χ1v) is 8.12. The molecule has 0 saturated carbocycles. The summed E-state index contributed by atoms with van der Waals surface area (Å²) >= 11 is 0. The van der Waals surface area contributed by atoms with E-state index in [0.29, 0.717) is 12.0 Å². The molecule has 1 heterocycles. The summed E-state index contributed by atoms with van der Waals surface area (Å²) in [6.07, 6.45) is 4.34. The summed E-state index contributed by atoms with van der Waals surface area (Å²) in [4.78, 5) is 3.56. The molecule has 3 N–H and O–H groups in total. The molecule has 3 heteroatoms. The lowest BCUT2D eigenvalue weighted by molar-refractivity contribution is 0.209. The van der Waals surface area contributed by atoms with Gasteiger partial charge in [0.25, 0.3) is 0 Å². The monoisotopic (exact) mass is 286 g/mol. The van der Waals surface area contributed by atoms with Crippen molar-refractivity contribution in [1.82, 2.24) is 10.3 Å². The van der Waals surface area contributed by atoms with Crippen molar-refractivity contribution in [3.8, 4) is 0 Å². The maximum Gasteiger partial charge on any atom is 0.0584 e. The number of aliphatic hydroxyl groups excluding tert-OH is 1. The average Bonchev–Trinajstić information content (AvgIpc) is 2.84. The molecule has 2 aromatic rings. The van der Waals surface area contributed by atoms with Crippen LogP contribution in [0.15, 0.2) is 24.3 Å². The number of H-pyrrole nitrogens is 1. The quantitative estimate of drug-likeness (QED) is 0.791. The number of hydrogen-bond donors (Lipinski definition) is 3. The molecule has 114 valence electrons. The molecule has 3 rings (SSSR count). The molecule has 0 bridgehead atoms. The Hall–Kier alpha value is -1.32. The third kappa shape index (κ3) is 3.14. The zero-order chi connectivity index (χ0) is 14.8. The Morgan fingerprint density at radius 2 is 2.14 bits per heavy atom. The smallest absolute Gasteiger partial charge is 0.0584 e. The first-order valence-electron chi connectivity index (χ1n) is 8.12. The van der Waals surface area contributed by atoms with Crippen molar-refractivity contribution in [2.45, 2.75) is 51.6 Å². The molecule has 0 aliphatic heterocycles. The van der Waals surface area contributed by atoms with Crippen LogP contribution < -0.4 is 5.32 Å². The number of benzene rings is 1. The maximum absolute atomic E-state index is 9.56. The summed E-state index contributed by atoms with van der Waals surface area (Å²) < 4.78 is 0. The number of nitrogens with one attached hydrogen (secondary N) is 2. The number of hydrogen-bond acceptors (Lipinski definition) is 2. The Balaban J connectivity index is 1.74. The van der Waals surface area contributed by atoms with Crippen LogP contribution in [-0.2, 0) is 12.8 Å². The van der Waals surface area contributed by atoms with Crippen LogP contribution in [0.5, 0.6) is 0 Å². The maximum atomic E-state index is 9.56. The summed E-state index contributed by atoms with van der Waals surface area (Å²) in [6.45, 7) is 4.65. The second kappa shape index (κ2) is 6.20. The van der Waals surface area contributed by atoms with E-state index in [1.54, 1.807) is 0 Å². The van der Waals surface area contributed by atoms with E-state index in [9.17, 15) is 5.11 Å². The van der Waals surface area contributed by atoms with E-state index in [1.807, 2.05) is 0 Å². The number of aliphatic hydroxyl groups is 1. The minimum atomic E-state index is 0.224. The van der Waals surface area contributed by atoms with Crippen LogP contribution in [0.3, 0.4) is 0 Å². The zero-order valence-corrected chi connectivity index (χ0v) is 13.0. The van der Waals surface area contributed by atoms with Crippen molar-refractivity contribution >= 4 is 10.9 Å². The fraction of sp³-hybridized carbons (Fsp3) is 0.556. The van der Waals surface area contributed by atoms with Gasteiger partial charge in [-0.15, -0.1) is 0 Å². The molecule has 0 radical (unpaired) electrons. The van der Waals surface area contributed by atoms with Crippen molar-refractivity contribution < 1.29 is 5.11 Å². The largest absolute Gasteiger partial charge is 0.395 e. The minimum absolute atomic E-state index is 0.224. The summed E-state index contributed by atoms with van der Waals surface area (Å²) in [7, 11) is 0. The molecule has 1 aromatic carbocycles. The van der Waals surface area contributed by atoms with E-state index in [0.717, 1.165) is 25.7 Å². The molecule has 0 amide bonds. The molecule has 0 fully saturated rings. The van der Waals surface area contributed by atoms with Gasteiger partial charge in [0.15, 0.2) is 0 Å². The van der Waals surface area contributed by atoms with Crippen LogP contribution in [-0.4, -0.2) is 28.8 Å². The van der Waals surface area contributed by atoms with Crippen molar-refractivity contribution in [3.05, 3.63) is 35.5 Å². The molecule has 0 saturated heterocycles. The van der Waals surface area contributed by atoms with Gasteiger partial charge in [0.2, 0.25) is 0 Å². The van der Waals surface area contributed by atoms with Crippen LogP contribution >= 0.6 is 0 Å². The van der Waals surface area contributed by atoms with E-state index >= 15 is 0 Å². The Kier molecular flexibility index (Phi) is 4.32. The van der Waals surface area contributed by atoms with Crippen molar-refractivity contribution in [3.63, 3.8) is 0 Å². The second-order valence-corrected chi connectivity index (χ2v) is 6.74. The molecule has 2 unspecified atom stereocenters. The second-order valence-electron chi connectivity index (χ2n) is 6.74. The van der Waals surface area contributed by atoms with Crippen molar-refractivity contribution in [2.24, 2.45) is 5.92 Å². The van der Waals surface area contributed by atoms with Gasteiger partial charge in [-0.3, -0.25) is 0 Å². The number of aromatic nitrogens is 1. The third-order valence-electron chi connectivity index (χ3n) is 4.54. The first-order chi connectivity index (χ1) is 10.2. The molecule has 0 spiro atoms. The van der Waals surface area contributed by atoms with E-state index in [2.05, 4.69) is 48.4 Å². The normalized spacial score (nSPS) is 19.9. The Morgan fingerprint density at radius 1 is 1.33 bits per heavy atom. The third-order valence-corrected chi connectivity index (χ3v) is 4.54. The summed E-state index contributed by atoms with van der Waals surface area (Å²) in [5.41, 5.74) is 4.12. The predicted octanol–water partition coefficient (Wildman–Crippen LogP) is 3.02. The lowest BCUT2D eigenvalue weighted by atomic mass is 9.90. The fourth-order valence-corrected chi connectivity index (χ4v) is 3.61. The summed E-state index contributed by atoms with van der Waals surface area (Å²) in [5.74, 6) is 0.613. The molecule has 1 aliphatic rings. The number of aromatic amines is 1. The number of rotatable bonds is 5. The highest BCUT2D eigenvalue weighted by molar-refractivity contribution is 5.84. The van der Waals surface area contributed by atoms with Crippen LogP contribution in [0, 0.1) is 5.92 Å². The number of fused-ring (bicyclic) bond motifs is 3. The van der Waals surface area contributed by atoms with Crippen LogP contribution in [0.25, 0.3) is 10.9 Å². The highest BCUT2D eigenvalue weighted by Crippen LogP contribution is 2.29. The van der Waals surface area contributed by atoms with E-state index in [-0.39, 0.29) is 12.6 Å². The first kappa shape index (κ1) is 14.6. The Morgan fingerprint density at radius 3 is 2.90 bits per heavy atom. The predicted molar refractivity (Wildman–Crippen MR) is 87.6 cm³/mol. The molecular formula is C18H26N2O. The summed E-state index contributed by atoms with van der Waals surface area (Å²) in [6, 6.07) is 9.28. The zero-order valence-electron chi connectivity index (χ0n) is 13.0. The highest BCUT2D eigenvalue weighted by Gasteiger charge is 2.24.